The quantitative estimate of drug-likeness (QED) is 0.666. The number of carboxylic acid groups (broad SMARTS) is 1. The first-order valence-electron chi connectivity index (χ1n) is 5.60. The van der Waals surface area contributed by atoms with Gasteiger partial charge in [-0.05, 0) is 19.3 Å². The normalized spacial score (nSPS) is 14.4. The molecule has 0 aliphatic rings. The minimum atomic E-state index is -1.48. The van der Waals surface area contributed by atoms with Gasteiger partial charge in [-0.1, -0.05) is 13.8 Å². The molecule has 0 aromatic rings. The number of hydrogen-bond donors (Lipinski definition) is 1. The number of rotatable bonds is 8. The summed E-state index contributed by atoms with van der Waals surface area (Å²) in [6.45, 7) is 5.84. The molecule has 0 heterocycles. The van der Waals surface area contributed by atoms with E-state index in [2.05, 4.69) is 0 Å². The van der Waals surface area contributed by atoms with E-state index in [9.17, 15) is 13.8 Å². The molecule has 2 atom stereocenters. The third-order valence-corrected chi connectivity index (χ3v) is 3.77. The fraction of sp³-hybridized carbons (Fsp3) is 0.818. The maximum atomic E-state index is 11.5. The average Bonchev–Trinajstić information content (AvgIpc) is 2.24. The van der Waals surface area contributed by atoms with E-state index in [4.69, 9.17) is 9.84 Å². The molecule has 5 nitrogen and oxygen atoms in total. The van der Waals surface area contributed by atoms with Gasteiger partial charge in [-0.2, -0.15) is 0 Å². The monoisotopic (exact) mass is 264 g/mol. The number of carbonyl (C=O) groups excluding carboxylic acids is 1. The van der Waals surface area contributed by atoms with Crippen LogP contribution in [0, 0.1) is 5.92 Å². The van der Waals surface area contributed by atoms with Gasteiger partial charge in [0.25, 0.3) is 0 Å². The second-order valence-corrected chi connectivity index (χ2v) is 6.10. The summed E-state index contributed by atoms with van der Waals surface area (Å²) in [4.78, 5) is 21.7. The number of hydrogen-bond acceptors (Lipinski definition) is 4. The second kappa shape index (κ2) is 8.22. The third kappa shape index (κ3) is 7.90. The molecule has 0 aliphatic carbocycles. The topological polar surface area (TPSA) is 80.7 Å². The number of carboxylic acids is 1. The van der Waals surface area contributed by atoms with Crippen molar-refractivity contribution in [1.82, 2.24) is 0 Å². The predicted octanol–water partition coefficient (Wildman–Crippen LogP) is 1.19. The van der Waals surface area contributed by atoms with E-state index in [-0.39, 0.29) is 12.2 Å². The van der Waals surface area contributed by atoms with E-state index in [0.29, 0.717) is 12.5 Å². The van der Waals surface area contributed by atoms with Crippen LogP contribution in [0.4, 0.5) is 0 Å². The molecule has 2 unspecified atom stereocenters. The summed E-state index contributed by atoms with van der Waals surface area (Å²) in [6.07, 6.45) is 0.566. The van der Waals surface area contributed by atoms with Gasteiger partial charge in [-0.15, -0.1) is 0 Å². The first-order valence-corrected chi connectivity index (χ1v) is 6.98. The van der Waals surface area contributed by atoms with E-state index in [1.165, 1.54) is 6.92 Å². The van der Waals surface area contributed by atoms with E-state index >= 15 is 0 Å². The highest BCUT2D eigenvalue weighted by Gasteiger charge is 2.21. The van der Waals surface area contributed by atoms with Gasteiger partial charge in [0.15, 0.2) is 0 Å². The van der Waals surface area contributed by atoms with Crippen molar-refractivity contribution < 1.29 is 23.6 Å². The zero-order chi connectivity index (χ0) is 13.4. The highest BCUT2D eigenvalue weighted by molar-refractivity contribution is 7.86. The lowest BCUT2D eigenvalue weighted by molar-refractivity contribution is -0.143. The zero-order valence-corrected chi connectivity index (χ0v) is 11.3. The lowest BCUT2D eigenvalue weighted by atomic mass is 10.1. The largest absolute Gasteiger partial charge is 0.481 e. The fourth-order valence-electron chi connectivity index (χ4n) is 0.985. The van der Waals surface area contributed by atoms with E-state index in [1.807, 2.05) is 13.8 Å². The predicted molar refractivity (Wildman–Crippen MR) is 65.1 cm³/mol. The Bertz CT molecular complexity index is 288. The molecular formula is C11H20O5S. The van der Waals surface area contributed by atoms with Crippen molar-refractivity contribution in [3.8, 4) is 0 Å². The Morgan fingerprint density at radius 3 is 2.35 bits per heavy atom. The summed E-state index contributed by atoms with van der Waals surface area (Å²) in [5.41, 5.74) is 0. The summed E-state index contributed by atoms with van der Waals surface area (Å²) >= 11 is 0. The molecule has 0 spiro atoms. The maximum absolute atomic E-state index is 11.5. The molecule has 0 amide bonds. The Labute approximate surface area is 104 Å². The van der Waals surface area contributed by atoms with Crippen molar-refractivity contribution in [2.45, 2.75) is 38.9 Å². The van der Waals surface area contributed by atoms with Crippen molar-refractivity contribution in [3.05, 3.63) is 0 Å². The highest BCUT2D eigenvalue weighted by atomic mass is 32.2. The first-order chi connectivity index (χ1) is 7.84. The minimum absolute atomic E-state index is 0.0181. The fourth-order valence-corrected chi connectivity index (χ4v) is 2.00. The molecule has 0 fully saturated rings. The average molecular weight is 264 g/mol. The highest BCUT2D eigenvalue weighted by Crippen LogP contribution is 2.04. The molecular weight excluding hydrogens is 244 g/mol. The van der Waals surface area contributed by atoms with E-state index < -0.39 is 28.0 Å². The lowest BCUT2D eigenvalue weighted by Gasteiger charge is -2.11. The summed E-state index contributed by atoms with van der Waals surface area (Å²) < 4.78 is 16.5. The lowest BCUT2D eigenvalue weighted by Crippen LogP contribution is -2.27. The van der Waals surface area contributed by atoms with Crippen molar-refractivity contribution >= 4 is 22.7 Å². The van der Waals surface area contributed by atoms with Crippen LogP contribution in [-0.2, 0) is 25.1 Å². The Kier molecular flexibility index (Phi) is 7.78. The molecule has 0 aromatic heterocycles. The Morgan fingerprint density at radius 1 is 1.29 bits per heavy atom. The summed E-state index contributed by atoms with van der Waals surface area (Å²) in [5, 5.41) is 7.67. The van der Waals surface area contributed by atoms with Crippen molar-refractivity contribution in [2.24, 2.45) is 5.92 Å². The zero-order valence-electron chi connectivity index (χ0n) is 10.5. The minimum Gasteiger partial charge on any atom is -0.481 e. The molecule has 0 aliphatic heterocycles. The van der Waals surface area contributed by atoms with Crippen molar-refractivity contribution in [2.75, 3.05) is 12.4 Å². The Hall–Kier alpha value is -0.910. The van der Waals surface area contributed by atoms with Crippen LogP contribution in [-0.4, -0.2) is 38.9 Å². The molecule has 17 heavy (non-hydrogen) atoms. The molecule has 6 heteroatoms. The number of esters is 1. The molecule has 0 saturated heterocycles. The maximum Gasteiger partial charge on any atom is 0.321 e. The summed E-state index contributed by atoms with van der Waals surface area (Å²) in [6, 6.07) is 0. The number of ether oxygens (including phenoxy) is 1. The van der Waals surface area contributed by atoms with E-state index in [1.54, 1.807) is 0 Å². The van der Waals surface area contributed by atoms with Gasteiger partial charge in [0.1, 0.15) is 5.25 Å². The molecule has 100 valence electrons. The van der Waals surface area contributed by atoms with Gasteiger partial charge >= 0.3 is 11.9 Å². The SMILES string of the molecule is CC(C)CCOC(=O)C(C)S(=O)CCC(=O)O. The summed E-state index contributed by atoms with van der Waals surface area (Å²) in [7, 11) is -1.48. The summed E-state index contributed by atoms with van der Waals surface area (Å²) in [5.74, 6) is -1.11. The van der Waals surface area contributed by atoms with Crippen LogP contribution >= 0.6 is 0 Å². The molecule has 0 bridgehead atoms. The third-order valence-electron chi connectivity index (χ3n) is 2.18. The Morgan fingerprint density at radius 2 is 1.88 bits per heavy atom. The second-order valence-electron chi connectivity index (χ2n) is 4.22. The molecule has 1 N–H and O–H groups in total. The number of carbonyl (C=O) groups is 2. The van der Waals surface area contributed by atoms with Crippen molar-refractivity contribution in [3.63, 3.8) is 0 Å². The molecule has 0 saturated carbocycles. The van der Waals surface area contributed by atoms with Crippen molar-refractivity contribution in [1.29, 1.82) is 0 Å². The van der Waals surface area contributed by atoms with Gasteiger partial charge in [0, 0.05) is 16.6 Å². The van der Waals surface area contributed by atoms with Crippen LogP contribution in [0.5, 0.6) is 0 Å². The van der Waals surface area contributed by atoms with Crippen LogP contribution in [0.3, 0.4) is 0 Å². The molecule has 0 aromatic carbocycles. The molecule has 0 radical (unpaired) electrons. The van der Waals surface area contributed by atoms with Gasteiger partial charge < -0.3 is 9.84 Å². The first kappa shape index (κ1) is 16.1. The van der Waals surface area contributed by atoms with E-state index in [0.717, 1.165) is 6.42 Å². The van der Waals surface area contributed by atoms with Crippen LogP contribution in [0.1, 0.15) is 33.6 Å². The van der Waals surface area contributed by atoms with Gasteiger partial charge in [0.2, 0.25) is 0 Å². The standard InChI is InChI=1S/C11H20O5S/c1-8(2)4-6-16-11(14)9(3)17(15)7-5-10(12)13/h8-9H,4-7H2,1-3H3,(H,12,13). The van der Waals surface area contributed by atoms with Crippen LogP contribution in [0.2, 0.25) is 0 Å². The van der Waals surface area contributed by atoms with Gasteiger partial charge in [0.05, 0.1) is 13.0 Å². The van der Waals surface area contributed by atoms with Gasteiger partial charge in [-0.25, -0.2) is 0 Å². The molecule has 0 rings (SSSR count). The van der Waals surface area contributed by atoms with Gasteiger partial charge in [-0.3, -0.25) is 13.8 Å². The number of aliphatic carboxylic acids is 1. The van der Waals surface area contributed by atoms with Crippen LogP contribution < -0.4 is 0 Å². The smallest absolute Gasteiger partial charge is 0.321 e. The van der Waals surface area contributed by atoms with Crippen LogP contribution in [0.25, 0.3) is 0 Å². The Balaban J connectivity index is 3.94. The van der Waals surface area contributed by atoms with Crippen LogP contribution in [0.15, 0.2) is 0 Å².